The third kappa shape index (κ3) is 7.99. The van der Waals surface area contributed by atoms with Crippen molar-refractivity contribution < 1.29 is 33.3 Å². The zero-order valence-electron chi connectivity index (χ0n) is 25.5. The summed E-state index contributed by atoms with van der Waals surface area (Å²) in [5, 5.41) is 8.16. The number of thioether (sulfide) groups is 1. The maximum atomic E-state index is 13.6. The highest BCUT2D eigenvalue weighted by Gasteiger charge is 2.21. The number of amides is 3. The Kier molecular flexibility index (Phi) is 10.5. The molecular weight excluding hydrogens is 606 g/mol. The van der Waals surface area contributed by atoms with E-state index in [1.54, 1.807) is 91.0 Å². The van der Waals surface area contributed by atoms with Crippen LogP contribution in [0.4, 0.5) is 11.4 Å². The third-order valence-corrected chi connectivity index (χ3v) is 8.28. The highest BCUT2D eigenvalue weighted by Crippen LogP contribution is 2.35. The van der Waals surface area contributed by atoms with Gasteiger partial charge in [-0.15, -0.1) is 11.8 Å². The van der Waals surface area contributed by atoms with Gasteiger partial charge in [-0.05, 0) is 72.7 Å². The van der Waals surface area contributed by atoms with E-state index in [0.29, 0.717) is 51.9 Å². The van der Waals surface area contributed by atoms with E-state index in [9.17, 15) is 14.4 Å². The van der Waals surface area contributed by atoms with Crippen molar-refractivity contribution in [2.24, 2.45) is 0 Å². The minimum absolute atomic E-state index is 0.0219. The molecule has 0 bridgehead atoms. The van der Waals surface area contributed by atoms with Gasteiger partial charge in [-0.2, -0.15) is 0 Å². The van der Waals surface area contributed by atoms with Crippen molar-refractivity contribution in [3.05, 3.63) is 108 Å². The largest absolute Gasteiger partial charge is 0.493 e. The van der Waals surface area contributed by atoms with Gasteiger partial charge in [0.15, 0.2) is 23.0 Å². The zero-order chi connectivity index (χ0) is 32.5. The second kappa shape index (κ2) is 15.0. The third-order valence-electron chi connectivity index (χ3n) is 6.92. The minimum atomic E-state index is -0.534. The van der Waals surface area contributed by atoms with Gasteiger partial charge in [0, 0.05) is 27.9 Å². The van der Waals surface area contributed by atoms with E-state index in [-0.39, 0.29) is 18.4 Å². The summed E-state index contributed by atoms with van der Waals surface area (Å²) >= 11 is 1.38. The van der Waals surface area contributed by atoms with E-state index in [0.717, 1.165) is 4.90 Å². The Labute approximate surface area is 271 Å². The maximum Gasteiger partial charge on any atom is 0.272 e. The first-order valence-electron chi connectivity index (χ1n) is 14.5. The molecule has 11 heteroatoms. The predicted molar refractivity (Wildman–Crippen MR) is 178 cm³/mol. The van der Waals surface area contributed by atoms with Gasteiger partial charge in [0.2, 0.25) is 12.7 Å². The zero-order valence-corrected chi connectivity index (χ0v) is 26.3. The van der Waals surface area contributed by atoms with E-state index in [1.807, 2.05) is 13.0 Å². The molecule has 0 spiro atoms. The lowest BCUT2D eigenvalue weighted by molar-refractivity contribution is -0.116. The quantitative estimate of drug-likeness (QED) is 0.121. The molecule has 5 rings (SSSR count). The smallest absolute Gasteiger partial charge is 0.272 e. The van der Waals surface area contributed by atoms with Crippen molar-refractivity contribution in [2.75, 3.05) is 31.6 Å². The van der Waals surface area contributed by atoms with Crippen LogP contribution < -0.4 is 34.9 Å². The van der Waals surface area contributed by atoms with E-state index in [1.165, 1.54) is 26.0 Å². The lowest BCUT2D eigenvalue weighted by Gasteiger charge is -2.16. The van der Waals surface area contributed by atoms with Gasteiger partial charge in [-0.25, -0.2) is 0 Å². The van der Waals surface area contributed by atoms with Crippen LogP contribution in [-0.4, -0.2) is 44.0 Å². The second-order valence-corrected chi connectivity index (χ2v) is 11.3. The molecule has 0 saturated carbocycles. The molecule has 1 atom stereocenters. The molecule has 3 N–H and O–H groups in total. The van der Waals surface area contributed by atoms with Crippen molar-refractivity contribution in [2.45, 2.75) is 23.5 Å². The molecule has 3 amide bonds. The number of carbonyl (C=O) groups excluding carboxylic acids is 3. The summed E-state index contributed by atoms with van der Waals surface area (Å²) in [6, 6.07) is 26.2. The average Bonchev–Trinajstić information content (AvgIpc) is 3.55. The monoisotopic (exact) mass is 639 g/mol. The van der Waals surface area contributed by atoms with E-state index in [2.05, 4.69) is 16.0 Å². The number of anilines is 2. The van der Waals surface area contributed by atoms with Crippen molar-refractivity contribution >= 4 is 46.9 Å². The van der Waals surface area contributed by atoms with E-state index in [4.69, 9.17) is 18.9 Å². The van der Waals surface area contributed by atoms with Crippen LogP contribution in [-0.2, 0) is 9.59 Å². The molecule has 1 unspecified atom stereocenters. The van der Waals surface area contributed by atoms with E-state index >= 15 is 0 Å². The summed E-state index contributed by atoms with van der Waals surface area (Å²) < 4.78 is 21.5. The molecule has 0 saturated heterocycles. The normalized spacial score (nSPS) is 12.5. The lowest BCUT2D eigenvalue weighted by Crippen LogP contribution is -2.30. The first-order valence-corrected chi connectivity index (χ1v) is 15.3. The van der Waals surface area contributed by atoms with Crippen LogP contribution in [0.3, 0.4) is 0 Å². The summed E-state index contributed by atoms with van der Waals surface area (Å²) in [5.74, 6) is 1.09. The van der Waals surface area contributed by atoms with Gasteiger partial charge in [0.05, 0.1) is 19.5 Å². The summed E-state index contributed by atoms with van der Waals surface area (Å²) in [6.45, 7) is 2.09. The second-order valence-electron chi connectivity index (χ2n) is 10.0. The molecule has 1 aliphatic rings. The maximum absolute atomic E-state index is 13.6. The van der Waals surface area contributed by atoms with Gasteiger partial charge in [0.1, 0.15) is 5.70 Å². The van der Waals surface area contributed by atoms with Gasteiger partial charge < -0.3 is 34.9 Å². The molecule has 236 valence electrons. The Morgan fingerprint density at radius 2 is 1.59 bits per heavy atom. The van der Waals surface area contributed by atoms with Gasteiger partial charge in [-0.3, -0.25) is 14.4 Å². The summed E-state index contributed by atoms with van der Waals surface area (Å²) in [6.07, 6.45) is 2.13. The Hall–Kier alpha value is -5.42. The molecular formula is C35H33N3O7S. The van der Waals surface area contributed by atoms with Crippen LogP contribution >= 0.6 is 11.8 Å². The van der Waals surface area contributed by atoms with Gasteiger partial charge >= 0.3 is 0 Å². The molecule has 10 nitrogen and oxygen atoms in total. The first-order chi connectivity index (χ1) is 22.4. The molecule has 0 radical (unpaired) electrons. The average molecular weight is 640 g/mol. The molecule has 1 heterocycles. The SMILES string of the molecule is CCC(Sc1cccc(NC(=O)/C(=C\c2ccc(OC)c(OC)c2)NC(=O)c2ccccc2)c1)C(=O)Nc1ccc2c(c1)OCO2. The number of fused-ring (bicyclic) bond motifs is 1. The molecule has 0 aliphatic carbocycles. The topological polar surface area (TPSA) is 124 Å². The van der Waals surface area contributed by atoms with Gasteiger partial charge in [0.25, 0.3) is 11.8 Å². The van der Waals surface area contributed by atoms with Crippen LogP contribution in [0, 0.1) is 0 Å². The first kappa shape index (κ1) is 32.0. The predicted octanol–water partition coefficient (Wildman–Crippen LogP) is 6.35. The van der Waals surface area contributed by atoms with Crippen LogP contribution in [0.5, 0.6) is 23.0 Å². The number of hydrogen-bond donors (Lipinski definition) is 3. The fourth-order valence-electron chi connectivity index (χ4n) is 4.58. The fourth-order valence-corrected chi connectivity index (χ4v) is 5.59. The molecule has 0 aromatic heterocycles. The standard InChI is InChI=1S/C35H33N3O7S/c1-4-32(35(41)37-25-14-16-29-31(20-25)45-21-44-29)46-26-12-8-11-24(19-26)36-34(40)27(38-33(39)23-9-6-5-7-10-23)17-22-13-15-28(42-2)30(18-22)43-3/h5-20,32H,4,21H2,1-3H3,(H,36,40)(H,37,41)(H,38,39)/b27-17+. The number of ether oxygens (including phenoxy) is 4. The van der Waals surface area contributed by atoms with E-state index < -0.39 is 17.1 Å². The van der Waals surface area contributed by atoms with Crippen molar-refractivity contribution in [3.8, 4) is 23.0 Å². The number of nitrogens with one attached hydrogen (secondary N) is 3. The minimum Gasteiger partial charge on any atom is -0.493 e. The van der Waals surface area contributed by atoms with Crippen molar-refractivity contribution in [3.63, 3.8) is 0 Å². The summed E-state index contributed by atoms with van der Waals surface area (Å²) in [7, 11) is 3.05. The van der Waals surface area contributed by atoms with Crippen LogP contribution in [0.2, 0.25) is 0 Å². The highest BCUT2D eigenvalue weighted by atomic mass is 32.2. The number of carbonyl (C=O) groups is 3. The lowest BCUT2D eigenvalue weighted by atomic mass is 10.1. The number of rotatable bonds is 12. The molecule has 46 heavy (non-hydrogen) atoms. The van der Waals surface area contributed by atoms with Crippen LogP contribution in [0.15, 0.2) is 102 Å². The fraction of sp³-hybridized carbons (Fsp3) is 0.171. The molecule has 1 aliphatic heterocycles. The van der Waals surface area contributed by atoms with Crippen molar-refractivity contribution in [1.82, 2.24) is 5.32 Å². The Balaban J connectivity index is 1.32. The highest BCUT2D eigenvalue weighted by molar-refractivity contribution is 8.00. The number of methoxy groups -OCH3 is 2. The van der Waals surface area contributed by atoms with Crippen molar-refractivity contribution in [1.29, 1.82) is 0 Å². The van der Waals surface area contributed by atoms with Crippen LogP contribution in [0.25, 0.3) is 6.08 Å². The Morgan fingerprint density at radius 3 is 2.35 bits per heavy atom. The molecule has 4 aromatic rings. The summed E-state index contributed by atoms with van der Waals surface area (Å²) in [5.41, 5.74) is 2.14. The number of benzene rings is 4. The molecule has 4 aromatic carbocycles. The van der Waals surface area contributed by atoms with Gasteiger partial charge in [-0.1, -0.05) is 37.3 Å². The number of hydrogen-bond acceptors (Lipinski definition) is 8. The summed E-state index contributed by atoms with van der Waals surface area (Å²) in [4.78, 5) is 40.6. The molecule has 0 fully saturated rings. The van der Waals surface area contributed by atoms with Crippen LogP contribution in [0.1, 0.15) is 29.3 Å². The Morgan fingerprint density at radius 1 is 0.826 bits per heavy atom. The Bertz CT molecular complexity index is 1760.